The molecule has 2 aromatic carbocycles. The van der Waals surface area contributed by atoms with Crippen LogP contribution in [-0.2, 0) is 9.59 Å². The number of nitrogens with zero attached hydrogens (tertiary/aromatic N) is 2. The maximum atomic E-state index is 13.0. The molecule has 2 aliphatic rings. The van der Waals surface area contributed by atoms with E-state index in [1.807, 2.05) is 4.90 Å². The lowest BCUT2D eigenvalue weighted by atomic mass is 10.0. The van der Waals surface area contributed by atoms with Crippen LogP contribution in [0.2, 0.25) is 0 Å². The van der Waals surface area contributed by atoms with E-state index in [1.165, 1.54) is 0 Å². The van der Waals surface area contributed by atoms with Gasteiger partial charge in [-0.25, -0.2) is 4.90 Å². The van der Waals surface area contributed by atoms with Crippen LogP contribution in [0.15, 0.2) is 63.7 Å². The number of amides is 3. The van der Waals surface area contributed by atoms with Gasteiger partial charge in [0.15, 0.2) is 0 Å². The fraction of sp³-hybridized carbons (Fsp3) is 0.261. The van der Waals surface area contributed by atoms with E-state index in [-0.39, 0.29) is 22.7 Å². The number of rotatable bonds is 4. The first kappa shape index (κ1) is 21.6. The second-order valence-electron chi connectivity index (χ2n) is 7.66. The van der Waals surface area contributed by atoms with Crippen LogP contribution in [0.4, 0.5) is 11.4 Å². The fourth-order valence-corrected chi connectivity index (χ4v) is 4.35. The van der Waals surface area contributed by atoms with E-state index in [4.69, 9.17) is 11.6 Å². The number of piperidine rings is 1. The molecule has 0 aromatic heterocycles. The zero-order chi connectivity index (χ0) is 22.1. The molecule has 4 rings (SSSR count). The molecule has 160 valence electrons. The van der Waals surface area contributed by atoms with Crippen molar-refractivity contribution in [1.29, 1.82) is 0 Å². The highest BCUT2D eigenvalue weighted by atomic mass is 79.9. The number of hydrogen-bond acceptors (Lipinski definition) is 4. The highest BCUT2D eigenvalue weighted by Gasteiger charge is 2.39. The van der Waals surface area contributed by atoms with E-state index in [0.717, 1.165) is 35.2 Å². The van der Waals surface area contributed by atoms with Crippen molar-refractivity contribution in [3.8, 4) is 0 Å². The van der Waals surface area contributed by atoms with Gasteiger partial charge in [0.25, 0.3) is 17.7 Å². The van der Waals surface area contributed by atoms with E-state index in [1.54, 1.807) is 48.5 Å². The Bertz CT molecular complexity index is 1080. The van der Waals surface area contributed by atoms with Crippen molar-refractivity contribution >= 4 is 56.6 Å². The molecular weight excluding hydrogens is 482 g/mol. The molecule has 1 N–H and O–H groups in total. The van der Waals surface area contributed by atoms with Crippen molar-refractivity contribution in [3.63, 3.8) is 0 Å². The summed E-state index contributed by atoms with van der Waals surface area (Å²) in [5.41, 5.74) is 1.46. The molecular formula is C23H21BrClN3O3. The van der Waals surface area contributed by atoms with Crippen molar-refractivity contribution in [2.24, 2.45) is 0 Å². The molecule has 0 saturated carbocycles. The molecule has 2 aliphatic heterocycles. The molecule has 3 amide bonds. The van der Waals surface area contributed by atoms with E-state index < -0.39 is 11.8 Å². The summed E-state index contributed by atoms with van der Waals surface area (Å²) in [5.74, 6) is -1.18. The van der Waals surface area contributed by atoms with Gasteiger partial charge in [-0.05, 0) is 68.7 Å². The van der Waals surface area contributed by atoms with Crippen LogP contribution in [0.25, 0.3) is 0 Å². The zero-order valence-electron chi connectivity index (χ0n) is 16.9. The monoisotopic (exact) mass is 501 g/mol. The number of imide groups is 1. The van der Waals surface area contributed by atoms with Crippen molar-refractivity contribution in [3.05, 3.63) is 69.3 Å². The molecule has 1 atom stereocenters. The fourth-order valence-electron chi connectivity index (χ4n) is 3.88. The second-order valence-corrected chi connectivity index (χ2v) is 8.95. The van der Waals surface area contributed by atoms with E-state index in [2.05, 4.69) is 28.2 Å². The molecule has 1 unspecified atom stereocenters. The first-order valence-corrected chi connectivity index (χ1v) is 11.3. The Morgan fingerprint density at radius 2 is 1.84 bits per heavy atom. The van der Waals surface area contributed by atoms with Crippen molar-refractivity contribution in [2.45, 2.75) is 32.2 Å². The molecule has 0 radical (unpaired) electrons. The molecule has 1 fully saturated rings. The number of halogens is 2. The number of hydrogen-bond donors (Lipinski definition) is 1. The summed E-state index contributed by atoms with van der Waals surface area (Å²) >= 11 is 9.55. The summed E-state index contributed by atoms with van der Waals surface area (Å²) in [4.78, 5) is 41.4. The average molecular weight is 503 g/mol. The normalized spacial score (nSPS) is 19.3. The molecule has 1 saturated heterocycles. The highest BCUT2D eigenvalue weighted by molar-refractivity contribution is 9.10. The number of nitrogens with one attached hydrogen (secondary N) is 1. The Morgan fingerprint density at radius 3 is 2.55 bits per heavy atom. The Hall–Kier alpha value is -2.64. The first-order chi connectivity index (χ1) is 14.9. The number of likely N-dealkylation sites (tertiary alicyclic amines) is 1. The zero-order valence-corrected chi connectivity index (χ0v) is 19.2. The summed E-state index contributed by atoms with van der Waals surface area (Å²) in [7, 11) is 0. The third kappa shape index (κ3) is 4.25. The Balaban J connectivity index is 1.56. The van der Waals surface area contributed by atoms with Gasteiger partial charge in [0, 0.05) is 28.3 Å². The van der Waals surface area contributed by atoms with Gasteiger partial charge >= 0.3 is 0 Å². The van der Waals surface area contributed by atoms with Gasteiger partial charge in [-0.1, -0.05) is 33.6 Å². The molecule has 8 heteroatoms. The Kier molecular flexibility index (Phi) is 6.16. The quantitative estimate of drug-likeness (QED) is 0.604. The van der Waals surface area contributed by atoms with Gasteiger partial charge in [-0.2, -0.15) is 0 Å². The molecule has 6 nitrogen and oxygen atoms in total. The second kappa shape index (κ2) is 8.85. The molecule has 0 aliphatic carbocycles. The molecule has 0 spiro atoms. The van der Waals surface area contributed by atoms with E-state index in [9.17, 15) is 14.4 Å². The van der Waals surface area contributed by atoms with Crippen LogP contribution in [-0.4, -0.2) is 35.2 Å². The summed E-state index contributed by atoms with van der Waals surface area (Å²) in [5, 5.41) is 2.76. The van der Waals surface area contributed by atoms with Crippen LogP contribution >= 0.6 is 27.5 Å². The molecule has 0 bridgehead atoms. The smallest absolute Gasteiger partial charge is 0.283 e. The summed E-state index contributed by atoms with van der Waals surface area (Å²) in [6, 6.07) is 13.9. The lowest BCUT2D eigenvalue weighted by Gasteiger charge is -2.33. The highest BCUT2D eigenvalue weighted by Crippen LogP contribution is 2.31. The van der Waals surface area contributed by atoms with Crippen LogP contribution < -0.4 is 10.2 Å². The molecule has 2 aromatic rings. The van der Waals surface area contributed by atoms with Crippen LogP contribution in [0.3, 0.4) is 0 Å². The molecule has 31 heavy (non-hydrogen) atoms. The maximum absolute atomic E-state index is 13.0. The minimum Gasteiger partial charge on any atom is -0.350 e. The number of carbonyl (C=O) groups excluding carboxylic acids is 3. The summed E-state index contributed by atoms with van der Waals surface area (Å²) in [6.45, 7) is 2.80. The van der Waals surface area contributed by atoms with Gasteiger partial charge in [0.1, 0.15) is 10.7 Å². The number of benzene rings is 2. The van der Waals surface area contributed by atoms with Crippen molar-refractivity contribution in [2.75, 3.05) is 16.8 Å². The minimum absolute atomic E-state index is 0.00877. The van der Waals surface area contributed by atoms with Crippen LogP contribution in [0.1, 0.15) is 36.5 Å². The number of carbonyl (C=O) groups is 3. The minimum atomic E-state index is -0.592. The van der Waals surface area contributed by atoms with Gasteiger partial charge in [-0.3, -0.25) is 14.4 Å². The van der Waals surface area contributed by atoms with Gasteiger partial charge in [0.2, 0.25) is 0 Å². The topological polar surface area (TPSA) is 69.7 Å². The number of anilines is 2. The van der Waals surface area contributed by atoms with Gasteiger partial charge < -0.3 is 10.2 Å². The third-order valence-corrected chi connectivity index (χ3v) is 6.43. The first-order valence-electron chi connectivity index (χ1n) is 10.1. The standard InChI is InChI=1S/C23H21BrClN3O3/c1-14-5-2-3-12-27(14)21(29)15-6-4-7-17(13-15)26-20-19(25)22(30)28(23(20)31)18-10-8-16(24)9-11-18/h4,6-11,13-14,26H,2-3,5,12H2,1H3. The summed E-state index contributed by atoms with van der Waals surface area (Å²) < 4.78 is 0.831. The predicted molar refractivity (Wildman–Crippen MR) is 124 cm³/mol. The SMILES string of the molecule is CC1CCCCN1C(=O)c1cccc(NC2=C(Cl)C(=O)N(c3ccc(Br)cc3)C2=O)c1. The van der Waals surface area contributed by atoms with E-state index in [0.29, 0.717) is 16.9 Å². The van der Waals surface area contributed by atoms with Gasteiger partial charge in [0.05, 0.1) is 5.69 Å². The van der Waals surface area contributed by atoms with Crippen molar-refractivity contribution < 1.29 is 14.4 Å². The van der Waals surface area contributed by atoms with Crippen LogP contribution in [0, 0.1) is 0 Å². The van der Waals surface area contributed by atoms with E-state index >= 15 is 0 Å². The summed E-state index contributed by atoms with van der Waals surface area (Å²) in [6.07, 6.45) is 3.12. The predicted octanol–water partition coefficient (Wildman–Crippen LogP) is 4.90. The largest absolute Gasteiger partial charge is 0.350 e. The lowest BCUT2D eigenvalue weighted by molar-refractivity contribution is -0.120. The Labute approximate surface area is 194 Å². The van der Waals surface area contributed by atoms with Crippen LogP contribution in [0.5, 0.6) is 0 Å². The lowest BCUT2D eigenvalue weighted by Crippen LogP contribution is -2.42. The average Bonchev–Trinajstić information content (AvgIpc) is 2.98. The van der Waals surface area contributed by atoms with Gasteiger partial charge in [-0.15, -0.1) is 0 Å². The molecule has 2 heterocycles. The maximum Gasteiger partial charge on any atom is 0.283 e. The third-order valence-electron chi connectivity index (χ3n) is 5.55. The Morgan fingerprint density at radius 1 is 1.10 bits per heavy atom. The van der Waals surface area contributed by atoms with Crippen molar-refractivity contribution in [1.82, 2.24) is 4.90 Å².